The standard InChI is InChI=1S/C25H18ClN5O4/c26-18-8-4-1-5-14(18)13-35-25(34)29-12-15-9-20(29)22-23(32)31(24(33)30(15)22)21-11-28-19(10-27)16-6-2-3-7-17(16)21/h1-8,11,15,20,22H,9,12-13H2/t15-,20?,22-/m1/s1. The second-order valence-corrected chi connectivity index (χ2v) is 9.12. The summed E-state index contributed by atoms with van der Waals surface area (Å²) in [6.45, 7) is 0.310. The molecule has 1 aromatic heterocycles. The van der Waals surface area contributed by atoms with Crippen LogP contribution in [0.25, 0.3) is 10.8 Å². The molecule has 3 aromatic rings. The molecule has 3 aliphatic heterocycles. The summed E-state index contributed by atoms with van der Waals surface area (Å²) in [7, 11) is 0. The molecule has 3 saturated heterocycles. The number of amides is 4. The molecule has 3 atom stereocenters. The molecular weight excluding hydrogens is 470 g/mol. The van der Waals surface area contributed by atoms with E-state index in [0.717, 1.165) is 4.90 Å². The first-order valence-electron chi connectivity index (χ1n) is 11.1. The number of halogens is 1. The van der Waals surface area contributed by atoms with Crippen molar-refractivity contribution in [1.82, 2.24) is 14.8 Å². The third kappa shape index (κ3) is 3.14. The van der Waals surface area contributed by atoms with Crippen molar-refractivity contribution in [3.8, 4) is 6.07 Å². The van der Waals surface area contributed by atoms with E-state index in [2.05, 4.69) is 4.98 Å². The third-order valence-corrected chi connectivity index (χ3v) is 7.30. The van der Waals surface area contributed by atoms with Gasteiger partial charge in [0.2, 0.25) is 0 Å². The van der Waals surface area contributed by atoms with E-state index in [1.54, 1.807) is 47.4 Å². The number of urea groups is 1. The highest BCUT2D eigenvalue weighted by atomic mass is 35.5. The van der Waals surface area contributed by atoms with E-state index in [0.29, 0.717) is 40.0 Å². The number of aromatic nitrogens is 1. The fraction of sp³-hybridized carbons (Fsp3) is 0.240. The van der Waals surface area contributed by atoms with Crippen LogP contribution in [-0.2, 0) is 16.1 Å². The number of imide groups is 1. The normalized spacial score (nSPS) is 22.6. The molecule has 6 rings (SSSR count). The minimum Gasteiger partial charge on any atom is -0.444 e. The maximum atomic E-state index is 13.6. The molecule has 10 heteroatoms. The fourth-order valence-corrected chi connectivity index (χ4v) is 5.56. The van der Waals surface area contributed by atoms with E-state index in [9.17, 15) is 19.6 Å². The number of rotatable bonds is 3. The average molecular weight is 488 g/mol. The van der Waals surface area contributed by atoms with Gasteiger partial charge >= 0.3 is 12.1 Å². The van der Waals surface area contributed by atoms with Crippen molar-refractivity contribution in [3.05, 3.63) is 71.0 Å². The molecule has 0 N–H and O–H groups in total. The number of hydrogen-bond acceptors (Lipinski definition) is 6. The summed E-state index contributed by atoms with van der Waals surface area (Å²) in [4.78, 5) is 48.2. The molecule has 0 saturated carbocycles. The minimum absolute atomic E-state index is 0.0165. The van der Waals surface area contributed by atoms with Gasteiger partial charge in [-0.15, -0.1) is 0 Å². The molecule has 2 aromatic carbocycles. The first-order valence-corrected chi connectivity index (χ1v) is 11.5. The zero-order chi connectivity index (χ0) is 24.3. The van der Waals surface area contributed by atoms with Crippen LogP contribution in [0.15, 0.2) is 54.7 Å². The van der Waals surface area contributed by atoms with Crippen molar-refractivity contribution in [2.45, 2.75) is 31.2 Å². The Labute approximate surface area is 205 Å². The van der Waals surface area contributed by atoms with Gasteiger partial charge < -0.3 is 14.5 Å². The molecule has 4 amide bonds. The van der Waals surface area contributed by atoms with Crippen molar-refractivity contribution < 1.29 is 19.1 Å². The number of anilines is 1. The lowest BCUT2D eigenvalue weighted by Crippen LogP contribution is -2.54. The van der Waals surface area contributed by atoms with Gasteiger partial charge in [0.1, 0.15) is 24.4 Å². The van der Waals surface area contributed by atoms with Crippen molar-refractivity contribution in [1.29, 1.82) is 5.26 Å². The van der Waals surface area contributed by atoms with E-state index in [1.165, 1.54) is 11.1 Å². The molecule has 1 unspecified atom stereocenters. The molecule has 35 heavy (non-hydrogen) atoms. The number of benzene rings is 2. The third-order valence-electron chi connectivity index (χ3n) is 6.93. The maximum Gasteiger partial charge on any atom is 0.410 e. The summed E-state index contributed by atoms with van der Waals surface area (Å²) in [5, 5.41) is 11.0. The van der Waals surface area contributed by atoms with Crippen LogP contribution >= 0.6 is 11.6 Å². The topological polar surface area (TPSA) is 107 Å². The van der Waals surface area contributed by atoms with Gasteiger partial charge in [0, 0.05) is 27.9 Å². The van der Waals surface area contributed by atoms with Crippen molar-refractivity contribution in [2.24, 2.45) is 0 Å². The van der Waals surface area contributed by atoms with E-state index >= 15 is 0 Å². The van der Waals surface area contributed by atoms with Crippen LogP contribution in [0.3, 0.4) is 0 Å². The molecule has 0 aliphatic carbocycles. The van der Waals surface area contributed by atoms with Gasteiger partial charge in [-0.2, -0.15) is 5.26 Å². The SMILES string of the molecule is N#Cc1ncc(N2C(=O)[C@H]3C4C[C@H](CN4C(=O)OCc4ccccc4Cl)N3C2=O)c2ccccc12. The number of pyridine rings is 1. The van der Waals surface area contributed by atoms with Gasteiger partial charge in [-0.05, 0) is 12.5 Å². The van der Waals surface area contributed by atoms with Crippen LogP contribution in [0, 0.1) is 11.3 Å². The highest BCUT2D eigenvalue weighted by Gasteiger charge is 2.63. The number of nitriles is 1. The Morgan fingerprint density at radius 2 is 1.89 bits per heavy atom. The van der Waals surface area contributed by atoms with Gasteiger partial charge in [0.15, 0.2) is 0 Å². The predicted octanol–water partition coefficient (Wildman–Crippen LogP) is 3.69. The second-order valence-electron chi connectivity index (χ2n) is 8.71. The lowest BCUT2D eigenvalue weighted by atomic mass is 10.1. The van der Waals surface area contributed by atoms with E-state index in [-0.39, 0.29) is 18.3 Å². The Morgan fingerprint density at radius 3 is 2.66 bits per heavy atom. The molecule has 9 nitrogen and oxygen atoms in total. The van der Waals surface area contributed by atoms with Crippen molar-refractivity contribution in [3.63, 3.8) is 0 Å². The van der Waals surface area contributed by atoms with Crippen LogP contribution in [-0.4, -0.2) is 57.5 Å². The number of nitrogens with zero attached hydrogens (tertiary/aromatic N) is 5. The van der Waals surface area contributed by atoms with Crippen LogP contribution in [0.4, 0.5) is 15.3 Å². The summed E-state index contributed by atoms with van der Waals surface area (Å²) >= 11 is 6.15. The van der Waals surface area contributed by atoms with Gasteiger partial charge in [-0.1, -0.05) is 54.1 Å². The zero-order valence-electron chi connectivity index (χ0n) is 18.3. The number of piperazine rings is 1. The van der Waals surface area contributed by atoms with E-state index in [4.69, 9.17) is 16.3 Å². The molecule has 174 valence electrons. The van der Waals surface area contributed by atoms with Gasteiger partial charge in [-0.3, -0.25) is 4.79 Å². The summed E-state index contributed by atoms with van der Waals surface area (Å²) in [5.41, 5.74) is 1.24. The smallest absolute Gasteiger partial charge is 0.410 e. The second kappa shape index (κ2) is 7.96. The van der Waals surface area contributed by atoms with Gasteiger partial charge in [0.05, 0.1) is 24.0 Å². The predicted molar refractivity (Wildman–Crippen MR) is 126 cm³/mol. The average Bonchev–Trinajstić information content (AvgIpc) is 3.54. The first-order chi connectivity index (χ1) is 17.0. The summed E-state index contributed by atoms with van der Waals surface area (Å²) in [6.07, 6.45) is 1.36. The van der Waals surface area contributed by atoms with Crippen LogP contribution in [0.2, 0.25) is 5.02 Å². The number of fused-ring (bicyclic) bond motifs is 6. The van der Waals surface area contributed by atoms with E-state index < -0.39 is 30.1 Å². The van der Waals surface area contributed by atoms with E-state index in [1.807, 2.05) is 12.1 Å². The fourth-order valence-electron chi connectivity index (χ4n) is 5.37. The van der Waals surface area contributed by atoms with Gasteiger partial charge in [-0.25, -0.2) is 19.5 Å². The Balaban J connectivity index is 1.27. The Morgan fingerprint density at radius 1 is 1.14 bits per heavy atom. The summed E-state index contributed by atoms with van der Waals surface area (Å²) in [6, 6.07) is 14.2. The highest BCUT2D eigenvalue weighted by molar-refractivity contribution is 6.31. The van der Waals surface area contributed by atoms with Crippen molar-refractivity contribution >= 4 is 46.1 Å². The number of carbonyl (C=O) groups is 3. The highest BCUT2D eigenvalue weighted by Crippen LogP contribution is 2.43. The molecule has 0 spiro atoms. The maximum absolute atomic E-state index is 13.6. The number of carbonyl (C=O) groups excluding carboxylic acids is 3. The van der Waals surface area contributed by atoms with Crippen LogP contribution in [0.1, 0.15) is 17.7 Å². The Hall–Kier alpha value is -4.16. The molecule has 0 radical (unpaired) electrons. The zero-order valence-corrected chi connectivity index (χ0v) is 19.1. The van der Waals surface area contributed by atoms with Crippen molar-refractivity contribution in [2.75, 3.05) is 11.4 Å². The lowest BCUT2D eigenvalue weighted by Gasteiger charge is -2.34. The molecule has 4 heterocycles. The van der Waals surface area contributed by atoms with Crippen LogP contribution in [0.5, 0.6) is 0 Å². The quantitative estimate of drug-likeness (QED) is 0.521. The molecule has 2 bridgehead atoms. The molecule has 3 aliphatic rings. The van der Waals surface area contributed by atoms with Gasteiger partial charge in [0.25, 0.3) is 5.91 Å². The Bertz CT molecular complexity index is 1450. The number of ether oxygens (including phenoxy) is 1. The summed E-state index contributed by atoms with van der Waals surface area (Å²) in [5.74, 6) is -0.414. The number of hydrogen-bond donors (Lipinski definition) is 0. The monoisotopic (exact) mass is 487 g/mol. The summed E-state index contributed by atoms with van der Waals surface area (Å²) < 4.78 is 5.48. The Kier molecular flexibility index (Phi) is 4.86. The minimum atomic E-state index is -0.788. The first kappa shape index (κ1) is 21.4. The molecular formula is C25H18ClN5O4. The molecule has 3 fully saturated rings. The number of likely N-dealkylation sites (tertiary alicyclic amines) is 1. The largest absolute Gasteiger partial charge is 0.444 e. The van der Waals surface area contributed by atoms with Crippen LogP contribution < -0.4 is 4.90 Å². The lowest BCUT2D eigenvalue weighted by molar-refractivity contribution is -0.121.